The van der Waals surface area contributed by atoms with Gasteiger partial charge in [-0.05, 0) is 57.9 Å². The van der Waals surface area contributed by atoms with Crippen LogP contribution >= 0.6 is 11.3 Å². The number of rotatable bonds is 5. The molecule has 0 unspecified atom stereocenters. The number of fused-ring (bicyclic) bond motifs is 1. The Morgan fingerprint density at radius 3 is 2.48 bits per heavy atom. The number of aryl methyl sites for hydroxylation is 2. The Balaban J connectivity index is 1.73. The van der Waals surface area contributed by atoms with Gasteiger partial charge in [0.25, 0.3) is 5.91 Å². The second-order valence-electron chi connectivity index (χ2n) is 7.66. The molecule has 3 rings (SSSR count). The van der Waals surface area contributed by atoms with Crippen LogP contribution in [-0.4, -0.2) is 21.4 Å². The highest BCUT2D eigenvalue weighted by atomic mass is 32.1. The van der Waals surface area contributed by atoms with Gasteiger partial charge in [0.15, 0.2) is 0 Å². The van der Waals surface area contributed by atoms with Crippen LogP contribution in [0.2, 0.25) is 0 Å². The average Bonchev–Trinajstić information content (AvgIpc) is 3.01. The Labute approximate surface area is 164 Å². The van der Waals surface area contributed by atoms with Gasteiger partial charge in [0.2, 0.25) is 0 Å². The summed E-state index contributed by atoms with van der Waals surface area (Å²) < 4.78 is 0. The van der Waals surface area contributed by atoms with Gasteiger partial charge >= 0.3 is 0 Å². The van der Waals surface area contributed by atoms with E-state index in [0.717, 1.165) is 33.8 Å². The van der Waals surface area contributed by atoms with E-state index in [1.807, 2.05) is 52.0 Å². The summed E-state index contributed by atoms with van der Waals surface area (Å²) in [7, 11) is 0. The predicted octanol–water partition coefficient (Wildman–Crippen LogP) is 4.70. The van der Waals surface area contributed by atoms with Gasteiger partial charge in [-0.25, -0.2) is 9.97 Å². The number of benzene rings is 1. The molecule has 0 atom stereocenters. The van der Waals surface area contributed by atoms with E-state index in [9.17, 15) is 4.79 Å². The third kappa shape index (κ3) is 4.83. The van der Waals surface area contributed by atoms with E-state index in [1.165, 1.54) is 4.88 Å². The van der Waals surface area contributed by atoms with Crippen molar-refractivity contribution in [1.29, 1.82) is 0 Å². The van der Waals surface area contributed by atoms with Gasteiger partial charge < -0.3 is 10.6 Å². The van der Waals surface area contributed by atoms with E-state index < -0.39 is 0 Å². The molecule has 0 spiro atoms. The van der Waals surface area contributed by atoms with E-state index in [2.05, 4.69) is 33.6 Å². The summed E-state index contributed by atoms with van der Waals surface area (Å²) in [6, 6.07) is 9.83. The van der Waals surface area contributed by atoms with E-state index in [0.29, 0.717) is 12.1 Å². The standard InChI is InChI=1S/C21H26N4OS/c1-6-16-11-17-18(23-13(2)24-20(17)27-16)22-12-14-7-9-15(10-8-14)19(26)25-21(3,4)5/h7-11H,6,12H2,1-5H3,(H,25,26)(H,22,23,24). The SMILES string of the molecule is CCc1cc2c(NCc3ccc(C(=O)NC(C)(C)C)cc3)nc(C)nc2s1. The zero-order valence-corrected chi connectivity index (χ0v) is 17.3. The molecule has 1 aromatic carbocycles. The number of aromatic nitrogens is 2. The first-order chi connectivity index (χ1) is 12.7. The maximum atomic E-state index is 12.2. The first kappa shape index (κ1) is 19.3. The van der Waals surface area contributed by atoms with Gasteiger partial charge in [-0.2, -0.15) is 0 Å². The maximum absolute atomic E-state index is 12.2. The predicted molar refractivity (Wildman–Crippen MR) is 113 cm³/mol. The monoisotopic (exact) mass is 382 g/mol. The molecule has 0 bridgehead atoms. The van der Waals surface area contributed by atoms with Crippen LogP contribution in [-0.2, 0) is 13.0 Å². The molecule has 0 radical (unpaired) electrons. The minimum Gasteiger partial charge on any atom is -0.365 e. The molecule has 3 aromatic rings. The molecule has 0 aliphatic rings. The highest BCUT2D eigenvalue weighted by molar-refractivity contribution is 7.18. The van der Waals surface area contributed by atoms with Gasteiger partial charge in [-0.15, -0.1) is 11.3 Å². The van der Waals surface area contributed by atoms with Crippen molar-refractivity contribution in [3.05, 3.63) is 52.2 Å². The van der Waals surface area contributed by atoms with Crippen molar-refractivity contribution in [2.45, 2.75) is 53.1 Å². The average molecular weight is 383 g/mol. The highest BCUT2D eigenvalue weighted by Gasteiger charge is 2.15. The van der Waals surface area contributed by atoms with Gasteiger partial charge in [0.1, 0.15) is 16.5 Å². The lowest BCUT2D eigenvalue weighted by Gasteiger charge is -2.20. The lowest BCUT2D eigenvalue weighted by molar-refractivity contribution is 0.0919. The Kier molecular flexibility index (Phi) is 5.46. The smallest absolute Gasteiger partial charge is 0.251 e. The van der Waals surface area contributed by atoms with Gasteiger partial charge in [0, 0.05) is 22.5 Å². The fraction of sp³-hybridized carbons (Fsp3) is 0.381. The van der Waals surface area contributed by atoms with Crippen molar-refractivity contribution in [2.75, 3.05) is 5.32 Å². The Morgan fingerprint density at radius 1 is 1.15 bits per heavy atom. The van der Waals surface area contributed by atoms with Crippen LogP contribution in [0.3, 0.4) is 0 Å². The molecule has 5 nitrogen and oxygen atoms in total. The number of anilines is 1. The van der Waals surface area contributed by atoms with Gasteiger partial charge in [-0.1, -0.05) is 19.1 Å². The molecule has 0 aliphatic heterocycles. The number of carbonyl (C=O) groups excluding carboxylic acids is 1. The molecular weight excluding hydrogens is 356 g/mol. The van der Waals surface area contributed by atoms with Crippen molar-refractivity contribution in [2.24, 2.45) is 0 Å². The first-order valence-corrected chi connectivity index (χ1v) is 9.99. The number of hydrogen-bond donors (Lipinski definition) is 2. The number of nitrogens with zero attached hydrogens (tertiary/aromatic N) is 2. The van der Waals surface area contributed by atoms with Crippen LogP contribution in [0.4, 0.5) is 5.82 Å². The summed E-state index contributed by atoms with van der Waals surface area (Å²) in [6.45, 7) is 10.6. The molecule has 6 heteroatoms. The fourth-order valence-electron chi connectivity index (χ4n) is 2.76. The molecule has 2 aromatic heterocycles. The van der Waals surface area contributed by atoms with E-state index >= 15 is 0 Å². The summed E-state index contributed by atoms with van der Waals surface area (Å²) >= 11 is 1.72. The molecule has 27 heavy (non-hydrogen) atoms. The maximum Gasteiger partial charge on any atom is 0.251 e. The third-order valence-corrected chi connectivity index (χ3v) is 5.24. The molecular formula is C21H26N4OS. The van der Waals surface area contributed by atoms with Crippen LogP contribution < -0.4 is 10.6 Å². The highest BCUT2D eigenvalue weighted by Crippen LogP contribution is 2.29. The van der Waals surface area contributed by atoms with E-state index in [1.54, 1.807) is 11.3 Å². The zero-order chi connectivity index (χ0) is 19.6. The van der Waals surface area contributed by atoms with Crippen molar-refractivity contribution >= 4 is 33.3 Å². The normalized spacial score (nSPS) is 11.6. The quantitative estimate of drug-likeness (QED) is 0.671. The Bertz CT molecular complexity index is 955. The van der Waals surface area contributed by atoms with Crippen LogP contribution in [0.15, 0.2) is 30.3 Å². The summed E-state index contributed by atoms with van der Waals surface area (Å²) in [5, 5.41) is 7.47. The van der Waals surface area contributed by atoms with Crippen LogP contribution in [0.5, 0.6) is 0 Å². The molecule has 0 aliphatic carbocycles. The number of amides is 1. The van der Waals surface area contributed by atoms with E-state index in [4.69, 9.17) is 0 Å². The zero-order valence-electron chi connectivity index (χ0n) is 16.5. The minimum atomic E-state index is -0.245. The van der Waals surface area contributed by atoms with Gasteiger partial charge in [-0.3, -0.25) is 4.79 Å². The third-order valence-electron chi connectivity index (χ3n) is 4.07. The summed E-state index contributed by atoms with van der Waals surface area (Å²) in [5.74, 6) is 1.58. The summed E-state index contributed by atoms with van der Waals surface area (Å²) in [4.78, 5) is 23.7. The van der Waals surface area contributed by atoms with Crippen molar-refractivity contribution in [1.82, 2.24) is 15.3 Å². The number of thiophene rings is 1. The second-order valence-corrected chi connectivity index (χ2v) is 8.77. The van der Waals surface area contributed by atoms with Crippen molar-refractivity contribution in [3.8, 4) is 0 Å². The van der Waals surface area contributed by atoms with Crippen LogP contribution in [0.1, 0.15) is 54.3 Å². The van der Waals surface area contributed by atoms with Crippen molar-refractivity contribution in [3.63, 3.8) is 0 Å². The summed E-state index contributed by atoms with van der Waals surface area (Å²) in [6.07, 6.45) is 0.998. The topological polar surface area (TPSA) is 66.9 Å². The second kappa shape index (κ2) is 7.64. The fourth-order valence-corrected chi connectivity index (χ4v) is 3.77. The molecule has 2 heterocycles. The lowest BCUT2D eigenvalue weighted by atomic mass is 10.1. The molecule has 2 N–H and O–H groups in total. The molecule has 0 saturated carbocycles. The van der Waals surface area contributed by atoms with Gasteiger partial charge in [0.05, 0.1) is 5.39 Å². The van der Waals surface area contributed by atoms with Crippen LogP contribution in [0, 0.1) is 6.92 Å². The minimum absolute atomic E-state index is 0.0551. The molecule has 0 fully saturated rings. The Morgan fingerprint density at radius 2 is 1.85 bits per heavy atom. The molecule has 142 valence electrons. The molecule has 0 saturated heterocycles. The van der Waals surface area contributed by atoms with Crippen LogP contribution in [0.25, 0.3) is 10.2 Å². The number of carbonyl (C=O) groups is 1. The van der Waals surface area contributed by atoms with E-state index in [-0.39, 0.29) is 11.4 Å². The largest absolute Gasteiger partial charge is 0.365 e. The summed E-state index contributed by atoms with van der Waals surface area (Å²) in [5.41, 5.74) is 1.52. The first-order valence-electron chi connectivity index (χ1n) is 9.17. The number of hydrogen-bond acceptors (Lipinski definition) is 5. The lowest BCUT2D eigenvalue weighted by Crippen LogP contribution is -2.40. The Hall–Kier alpha value is -2.47. The number of nitrogens with one attached hydrogen (secondary N) is 2. The van der Waals surface area contributed by atoms with Crippen molar-refractivity contribution < 1.29 is 4.79 Å². The molecule has 1 amide bonds.